The van der Waals surface area contributed by atoms with Gasteiger partial charge in [0.2, 0.25) is 5.91 Å². The van der Waals surface area contributed by atoms with Crippen LogP contribution in [-0.4, -0.2) is 25.6 Å². The van der Waals surface area contributed by atoms with Crippen LogP contribution in [0.1, 0.15) is 26.7 Å². The lowest BCUT2D eigenvalue weighted by atomic mass is 10.0. The molecule has 0 saturated heterocycles. The Labute approximate surface area is 120 Å². The number of carbonyl (C=O) groups excluding carboxylic acids is 1. The van der Waals surface area contributed by atoms with E-state index < -0.39 is 6.04 Å². The van der Waals surface area contributed by atoms with Gasteiger partial charge in [-0.05, 0) is 48.9 Å². The van der Waals surface area contributed by atoms with Crippen molar-refractivity contribution < 1.29 is 9.53 Å². The van der Waals surface area contributed by atoms with Crippen LogP contribution < -0.4 is 15.4 Å². The molecule has 1 fully saturated rings. The van der Waals surface area contributed by atoms with Gasteiger partial charge in [0.05, 0.1) is 13.2 Å². The van der Waals surface area contributed by atoms with E-state index in [1.165, 1.54) is 12.8 Å². The summed E-state index contributed by atoms with van der Waals surface area (Å²) in [4.78, 5) is 14.4. The zero-order chi connectivity index (χ0) is 14.7. The second-order valence-corrected chi connectivity index (χ2v) is 5.86. The van der Waals surface area contributed by atoms with Crippen molar-refractivity contribution in [2.75, 3.05) is 18.6 Å². The lowest BCUT2D eigenvalue weighted by molar-refractivity contribution is -0.120. The number of hydrogen-bond acceptors (Lipinski definition) is 3. The third-order valence-corrected chi connectivity index (χ3v) is 3.79. The van der Waals surface area contributed by atoms with E-state index in [9.17, 15) is 4.79 Å². The molecular weight excluding hydrogens is 252 g/mol. The predicted molar refractivity (Wildman–Crippen MR) is 80.9 cm³/mol. The molecule has 1 saturated carbocycles. The van der Waals surface area contributed by atoms with E-state index in [-0.39, 0.29) is 11.8 Å². The minimum atomic E-state index is -0.448. The summed E-state index contributed by atoms with van der Waals surface area (Å²) >= 11 is 0. The number of carbonyl (C=O) groups is 1. The third kappa shape index (κ3) is 3.51. The summed E-state index contributed by atoms with van der Waals surface area (Å²) in [6.45, 7) is 4.73. The summed E-state index contributed by atoms with van der Waals surface area (Å²) in [5.74, 6) is 1.57. The summed E-state index contributed by atoms with van der Waals surface area (Å²) in [6, 6.07) is 7.15. The lowest BCUT2D eigenvalue weighted by Crippen LogP contribution is -2.47. The van der Waals surface area contributed by atoms with Crippen LogP contribution in [0.25, 0.3) is 0 Å². The molecule has 20 heavy (non-hydrogen) atoms. The second-order valence-electron chi connectivity index (χ2n) is 5.86. The van der Waals surface area contributed by atoms with Gasteiger partial charge in [0, 0.05) is 12.2 Å². The first kappa shape index (κ1) is 14.9. The van der Waals surface area contributed by atoms with E-state index in [1.807, 2.05) is 43.0 Å². The fourth-order valence-corrected chi connectivity index (χ4v) is 2.11. The van der Waals surface area contributed by atoms with Gasteiger partial charge >= 0.3 is 0 Å². The Hall–Kier alpha value is -1.55. The van der Waals surface area contributed by atoms with Crippen molar-refractivity contribution >= 4 is 11.6 Å². The summed E-state index contributed by atoms with van der Waals surface area (Å²) < 4.78 is 5.16. The molecular formula is C16H24N2O2. The molecule has 0 heterocycles. The van der Waals surface area contributed by atoms with E-state index >= 15 is 0 Å². The van der Waals surface area contributed by atoms with Crippen molar-refractivity contribution in [3.05, 3.63) is 24.3 Å². The number of rotatable bonds is 6. The molecule has 1 atom stereocenters. The molecule has 0 unspecified atom stereocenters. The molecule has 2 N–H and O–H groups in total. The van der Waals surface area contributed by atoms with E-state index in [1.54, 1.807) is 7.11 Å². The van der Waals surface area contributed by atoms with Crippen LogP contribution in [-0.2, 0) is 4.79 Å². The van der Waals surface area contributed by atoms with Gasteiger partial charge in [-0.1, -0.05) is 13.8 Å². The maximum absolute atomic E-state index is 12.6. The fourth-order valence-electron chi connectivity index (χ4n) is 2.11. The molecule has 0 aliphatic heterocycles. The lowest BCUT2D eigenvalue weighted by Gasteiger charge is -2.27. The van der Waals surface area contributed by atoms with Gasteiger partial charge in [0.1, 0.15) is 5.75 Å². The maximum Gasteiger partial charge on any atom is 0.244 e. The van der Waals surface area contributed by atoms with Crippen LogP contribution >= 0.6 is 0 Å². The van der Waals surface area contributed by atoms with E-state index in [4.69, 9.17) is 10.5 Å². The van der Waals surface area contributed by atoms with E-state index in [2.05, 4.69) is 0 Å². The van der Waals surface area contributed by atoms with E-state index in [0.29, 0.717) is 5.92 Å². The van der Waals surface area contributed by atoms with Crippen LogP contribution in [0.2, 0.25) is 0 Å². The summed E-state index contributed by atoms with van der Waals surface area (Å²) in [6.07, 6.45) is 2.41. The molecule has 4 nitrogen and oxygen atoms in total. The highest BCUT2D eigenvalue weighted by atomic mass is 16.5. The maximum atomic E-state index is 12.6. The number of hydrogen-bond donors (Lipinski definition) is 1. The van der Waals surface area contributed by atoms with Gasteiger partial charge in [-0.15, -0.1) is 0 Å². The molecule has 1 aliphatic rings. The highest BCUT2D eigenvalue weighted by molar-refractivity contribution is 5.97. The molecule has 1 aromatic rings. The number of ether oxygens (including phenoxy) is 1. The minimum Gasteiger partial charge on any atom is -0.497 e. The molecule has 110 valence electrons. The molecule has 4 heteroatoms. The zero-order valence-corrected chi connectivity index (χ0v) is 12.5. The number of anilines is 1. The van der Waals surface area contributed by atoms with Crippen molar-refractivity contribution in [2.45, 2.75) is 32.7 Å². The van der Waals surface area contributed by atoms with Gasteiger partial charge in [0.15, 0.2) is 0 Å². The molecule has 1 amide bonds. The molecule has 0 aromatic heterocycles. The normalized spacial score (nSPS) is 16.1. The fraction of sp³-hybridized carbons (Fsp3) is 0.562. The second kappa shape index (κ2) is 6.27. The van der Waals surface area contributed by atoms with Gasteiger partial charge in [-0.2, -0.15) is 0 Å². The van der Waals surface area contributed by atoms with Gasteiger partial charge in [0.25, 0.3) is 0 Å². The standard InChI is InChI=1S/C16H24N2O2/c1-11(2)15(17)16(19)18(10-12-4-5-12)13-6-8-14(20-3)9-7-13/h6-9,11-12,15H,4-5,10,17H2,1-3H3/t15-/m0/s1. The van der Waals surface area contributed by atoms with Crippen LogP contribution in [0.15, 0.2) is 24.3 Å². The Bertz CT molecular complexity index is 452. The van der Waals surface area contributed by atoms with Crippen LogP contribution in [0, 0.1) is 11.8 Å². The van der Waals surface area contributed by atoms with Crippen LogP contribution in [0.3, 0.4) is 0 Å². The quantitative estimate of drug-likeness (QED) is 0.868. The van der Waals surface area contributed by atoms with Gasteiger partial charge in [-0.25, -0.2) is 0 Å². The Morgan fingerprint density at radius 3 is 2.40 bits per heavy atom. The Kier molecular flexibility index (Phi) is 4.65. The third-order valence-electron chi connectivity index (χ3n) is 3.79. The van der Waals surface area contributed by atoms with Crippen molar-refractivity contribution in [3.63, 3.8) is 0 Å². The number of nitrogens with zero attached hydrogens (tertiary/aromatic N) is 1. The first-order valence-corrected chi connectivity index (χ1v) is 7.24. The van der Waals surface area contributed by atoms with E-state index in [0.717, 1.165) is 18.0 Å². The molecule has 0 radical (unpaired) electrons. The Morgan fingerprint density at radius 1 is 1.35 bits per heavy atom. The zero-order valence-electron chi connectivity index (χ0n) is 12.5. The van der Waals surface area contributed by atoms with Crippen molar-refractivity contribution in [1.82, 2.24) is 0 Å². The Balaban J connectivity index is 2.18. The predicted octanol–water partition coefficient (Wildman–Crippen LogP) is 2.42. The largest absolute Gasteiger partial charge is 0.497 e. The average molecular weight is 276 g/mol. The number of amides is 1. The van der Waals surface area contributed by atoms with Crippen LogP contribution in [0.4, 0.5) is 5.69 Å². The molecule has 1 aromatic carbocycles. The molecule has 2 rings (SSSR count). The minimum absolute atomic E-state index is 0.0112. The van der Waals surface area contributed by atoms with Gasteiger partial charge < -0.3 is 15.4 Å². The highest BCUT2D eigenvalue weighted by Crippen LogP contribution is 2.32. The molecule has 0 bridgehead atoms. The summed E-state index contributed by atoms with van der Waals surface area (Å²) in [5.41, 5.74) is 6.94. The smallest absolute Gasteiger partial charge is 0.244 e. The summed E-state index contributed by atoms with van der Waals surface area (Å²) in [7, 11) is 1.64. The first-order valence-electron chi connectivity index (χ1n) is 7.24. The number of benzene rings is 1. The van der Waals surface area contributed by atoms with Crippen LogP contribution in [0.5, 0.6) is 5.75 Å². The van der Waals surface area contributed by atoms with Crippen molar-refractivity contribution in [3.8, 4) is 5.75 Å². The van der Waals surface area contributed by atoms with Crippen molar-refractivity contribution in [2.24, 2.45) is 17.6 Å². The number of methoxy groups -OCH3 is 1. The van der Waals surface area contributed by atoms with Crippen molar-refractivity contribution in [1.29, 1.82) is 0 Å². The van der Waals surface area contributed by atoms with Gasteiger partial charge in [-0.3, -0.25) is 4.79 Å². The first-order chi connectivity index (χ1) is 9.52. The highest BCUT2D eigenvalue weighted by Gasteiger charge is 2.30. The SMILES string of the molecule is COc1ccc(N(CC2CC2)C(=O)[C@@H](N)C(C)C)cc1. The summed E-state index contributed by atoms with van der Waals surface area (Å²) in [5, 5.41) is 0. The topological polar surface area (TPSA) is 55.6 Å². The molecule has 1 aliphatic carbocycles. The number of nitrogens with two attached hydrogens (primary N) is 1. The Morgan fingerprint density at radius 2 is 1.95 bits per heavy atom. The molecule has 0 spiro atoms. The monoisotopic (exact) mass is 276 g/mol. The average Bonchev–Trinajstić information content (AvgIpc) is 3.27.